The van der Waals surface area contributed by atoms with Gasteiger partial charge in [0.1, 0.15) is 11.5 Å². The summed E-state index contributed by atoms with van der Waals surface area (Å²) in [6.45, 7) is 6.31. The number of carbonyl (C=O) groups excluding carboxylic acids is 2. The van der Waals surface area contributed by atoms with Crippen molar-refractivity contribution in [3.63, 3.8) is 0 Å². The van der Waals surface area contributed by atoms with Crippen molar-refractivity contribution in [3.05, 3.63) is 82.4 Å². The fourth-order valence-corrected chi connectivity index (χ4v) is 3.94. The second-order valence-electron chi connectivity index (χ2n) is 8.15. The summed E-state index contributed by atoms with van der Waals surface area (Å²) in [6, 6.07) is 18.6. The zero-order chi connectivity index (χ0) is 22.8. The van der Waals surface area contributed by atoms with Gasteiger partial charge < -0.3 is 15.0 Å². The molecule has 1 aliphatic heterocycles. The van der Waals surface area contributed by atoms with Crippen LogP contribution in [0.2, 0.25) is 5.02 Å². The highest BCUT2D eigenvalue weighted by atomic mass is 35.5. The molecule has 1 fully saturated rings. The molecule has 0 aliphatic carbocycles. The van der Waals surface area contributed by atoms with Crippen LogP contribution in [0.15, 0.2) is 60.7 Å². The van der Waals surface area contributed by atoms with Crippen LogP contribution in [-0.2, 0) is 9.59 Å². The van der Waals surface area contributed by atoms with Gasteiger partial charge in [-0.05, 0) is 86.0 Å². The molecule has 6 heteroatoms. The number of hydrogen-bond acceptors (Lipinski definition) is 3. The third-order valence-corrected chi connectivity index (χ3v) is 6.27. The van der Waals surface area contributed by atoms with Gasteiger partial charge in [-0.2, -0.15) is 0 Å². The fourth-order valence-electron chi connectivity index (χ4n) is 3.77. The Morgan fingerprint density at radius 2 is 1.72 bits per heavy atom. The molecule has 1 saturated heterocycles. The van der Waals surface area contributed by atoms with Gasteiger partial charge in [0.05, 0.1) is 5.92 Å². The van der Waals surface area contributed by atoms with E-state index in [1.165, 1.54) is 11.1 Å². The van der Waals surface area contributed by atoms with E-state index < -0.39 is 5.92 Å². The van der Waals surface area contributed by atoms with Crippen LogP contribution in [0.3, 0.4) is 0 Å². The van der Waals surface area contributed by atoms with E-state index in [1.54, 1.807) is 23.1 Å². The van der Waals surface area contributed by atoms with Gasteiger partial charge in [-0.3, -0.25) is 9.59 Å². The minimum Gasteiger partial charge on any atom is -0.457 e. The number of aryl methyl sites for hydroxylation is 2. The number of benzene rings is 3. The molecule has 4 rings (SSSR count). The lowest BCUT2D eigenvalue weighted by Crippen LogP contribution is -2.28. The first-order valence-electron chi connectivity index (χ1n) is 10.5. The molecular weight excluding hydrogens is 424 g/mol. The summed E-state index contributed by atoms with van der Waals surface area (Å²) >= 11 is 6.20. The Morgan fingerprint density at radius 1 is 1.00 bits per heavy atom. The van der Waals surface area contributed by atoms with E-state index in [9.17, 15) is 9.59 Å². The summed E-state index contributed by atoms with van der Waals surface area (Å²) in [7, 11) is 0. The summed E-state index contributed by atoms with van der Waals surface area (Å²) in [5.41, 5.74) is 4.63. The molecular formula is C26H25ClN2O3. The van der Waals surface area contributed by atoms with Crippen LogP contribution in [0, 0.1) is 26.7 Å². The van der Waals surface area contributed by atoms with Gasteiger partial charge >= 0.3 is 0 Å². The van der Waals surface area contributed by atoms with Crippen LogP contribution in [0.5, 0.6) is 11.5 Å². The molecule has 0 bridgehead atoms. The first-order chi connectivity index (χ1) is 15.3. The van der Waals surface area contributed by atoms with Gasteiger partial charge in [0.25, 0.3) is 0 Å². The number of anilines is 2. The van der Waals surface area contributed by atoms with E-state index in [2.05, 4.69) is 12.2 Å². The van der Waals surface area contributed by atoms with E-state index in [1.807, 2.05) is 56.3 Å². The van der Waals surface area contributed by atoms with Crippen LogP contribution in [0.4, 0.5) is 11.4 Å². The standard InChI is InChI=1S/C26H25ClN2O3/c1-16-7-10-22(13-17(16)2)32-21-11-8-20(9-12-21)28-26(31)19-14-25(30)29(15-19)24-6-4-5-23(27)18(24)3/h4-13,19H,14-15H2,1-3H3,(H,28,31)/t19-/m1/s1. The zero-order valence-corrected chi connectivity index (χ0v) is 19.1. The van der Waals surface area contributed by atoms with Gasteiger partial charge in [-0.15, -0.1) is 0 Å². The van der Waals surface area contributed by atoms with Gasteiger partial charge in [0, 0.05) is 29.4 Å². The van der Waals surface area contributed by atoms with E-state index >= 15 is 0 Å². The smallest absolute Gasteiger partial charge is 0.229 e. The molecule has 1 aliphatic rings. The Balaban J connectivity index is 1.39. The molecule has 0 spiro atoms. The number of halogens is 1. The normalized spacial score (nSPS) is 15.7. The number of nitrogens with one attached hydrogen (secondary N) is 1. The van der Waals surface area contributed by atoms with Crippen molar-refractivity contribution < 1.29 is 14.3 Å². The molecule has 0 aromatic heterocycles. The molecule has 3 aromatic rings. The highest BCUT2D eigenvalue weighted by Crippen LogP contribution is 2.32. The maximum Gasteiger partial charge on any atom is 0.229 e. The Kier molecular flexibility index (Phi) is 6.19. The molecule has 5 nitrogen and oxygen atoms in total. The number of hydrogen-bond donors (Lipinski definition) is 1. The Morgan fingerprint density at radius 3 is 2.44 bits per heavy atom. The number of ether oxygens (including phenoxy) is 1. The van der Waals surface area contributed by atoms with Crippen molar-refractivity contribution >= 4 is 34.8 Å². The predicted molar refractivity (Wildman–Crippen MR) is 128 cm³/mol. The average Bonchev–Trinajstić information content (AvgIpc) is 3.16. The maximum absolute atomic E-state index is 12.8. The number of rotatable bonds is 5. The van der Waals surface area contributed by atoms with Crippen molar-refractivity contribution in [1.82, 2.24) is 0 Å². The predicted octanol–water partition coefficient (Wildman–Crippen LogP) is 6.05. The summed E-state index contributed by atoms with van der Waals surface area (Å²) in [5.74, 6) is 0.777. The van der Waals surface area contributed by atoms with Crippen molar-refractivity contribution in [2.75, 3.05) is 16.8 Å². The molecule has 3 aromatic carbocycles. The number of carbonyl (C=O) groups is 2. The SMILES string of the molecule is Cc1ccc(Oc2ccc(NC(=O)[C@@H]3CC(=O)N(c4cccc(Cl)c4C)C3)cc2)cc1C. The Hall–Kier alpha value is -3.31. The molecule has 0 radical (unpaired) electrons. The molecule has 2 amide bonds. The molecule has 1 heterocycles. The minimum absolute atomic E-state index is 0.0762. The largest absolute Gasteiger partial charge is 0.457 e. The topological polar surface area (TPSA) is 58.6 Å². The van der Waals surface area contributed by atoms with Crippen molar-refractivity contribution in [3.8, 4) is 11.5 Å². The lowest BCUT2D eigenvalue weighted by Gasteiger charge is -2.19. The van der Waals surface area contributed by atoms with Crippen molar-refractivity contribution in [2.24, 2.45) is 5.92 Å². The highest BCUT2D eigenvalue weighted by molar-refractivity contribution is 6.31. The third kappa shape index (κ3) is 4.63. The zero-order valence-electron chi connectivity index (χ0n) is 18.3. The lowest BCUT2D eigenvalue weighted by molar-refractivity contribution is -0.122. The second kappa shape index (κ2) is 9.05. The first kappa shape index (κ1) is 21.9. The molecule has 164 valence electrons. The van der Waals surface area contributed by atoms with Gasteiger partial charge in [0.15, 0.2) is 0 Å². The molecule has 1 N–H and O–H groups in total. The van der Waals surface area contributed by atoms with E-state index in [0.717, 1.165) is 17.0 Å². The third-order valence-electron chi connectivity index (χ3n) is 5.86. The lowest BCUT2D eigenvalue weighted by atomic mass is 10.1. The van der Waals surface area contributed by atoms with Crippen LogP contribution >= 0.6 is 11.6 Å². The van der Waals surface area contributed by atoms with Gasteiger partial charge in [0.2, 0.25) is 11.8 Å². The van der Waals surface area contributed by atoms with Crippen molar-refractivity contribution in [2.45, 2.75) is 27.2 Å². The van der Waals surface area contributed by atoms with E-state index in [4.69, 9.17) is 16.3 Å². The monoisotopic (exact) mass is 448 g/mol. The van der Waals surface area contributed by atoms with E-state index in [-0.39, 0.29) is 18.2 Å². The van der Waals surface area contributed by atoms with Crippen LogP contribution in [0.1, 0.15) is 23.1 Å². The number of amides is 2. The summed E-state index contributed by atoms with van der Waals surface area (Å²) < 4.78 is 5.90. The number of nitrogens with zero attached hydrogens (tertiary/aromatic N) is 1. The van der Waals surface area contributed by atoms with Crippen LogP contribution in [-0.4, -0.2) is 18.4 Å². The Labute approximate surface area is 193 Å². The quantitative estimate of drug-likeness (QED) is 0.517. The second-order valence-corrected chi connectivity index (χ2v) is 8.56. The van der Waals surface area contributed by atoms with Crippen molar-refractivity contribution in [1.29, 1.82) is 0 Å². The highest BCUT2D eigenvalue weighted by Gasteiger charge is 2.35. The summed E-state index contributed by atoms with van der Waals surface area (Å²) in [6.07, 6.45) is 0.172. The first-order valence-corrected chi connectivity index (χ1v) is 10.9. The van der Waals surface area contributed by atoms with E-state index in [0.29, 0.717) is 23.0 Å². The maximum atomic E-state index is 12.8. The fraction of sp³-hybridized carbons (Fsp3) is 0.231. The average molecular weight is 449 g/mol. The molecule has 0 saturated carbocycles. The molecule has 0 unspecified atom stereocenters. The van der Waals surface area contributed by atoms with Gasteiger partial charge in [-0.25, -0.2) is 0 Å². The molecule has 1 atom stereocenters. The summed E-state index contributed by atoms with van der Waals surface area (Å²) in [4.78, 5) is 27.0. The molecule has 32 heavy (non-hydrogen) atoms. The van der Waals surface area contributed by atoms with Crippen LogP contribution < -0.4 is 15.0 Å². The van der Waals surface area contributed by atoms with Crippen LogP contribution in [0.25, 0.3) is 0 Å². The van der Waals surface area contributed by atoms with Gasteiger partial charge in [-0.1, -0.05) is 23.7 Å². The summed E-state index contributed by atoms with van der Waals surface area (Å²) in [5, 5.41) is 3.51. The Bertz CT molecular complexity index is 1170. The minimum atomic E-state index is -0.424.